The molecule has 0 heterocycles. The van der Waals surface area contributed by atoms with Gasteiger partial charge in [-0.05, 0) is 73.9 Å². The third-order valence-corrected chi connectivity index (χ3v) is 4.84. The van der Waals surface area contributed by atoms with E-state index in [0.717, 1.165) is 22.4 Å². The molecule has 0 unspecified atom stereocenters. The van der Waals surface area contributed by atoms with E-state index in [2.05, 4.69) is 10.6 Å². The van der Waals surface area contributed by atoms with Gasteiger partial charge in [-0.25, -0.2) is 0 Å². The van der Waals surface area contributed by atoms with Crippen LogP contribution in [0.4, 0.5) is 11.4 Å². The van der Waals surface area contributed by atoms with Gasteiger partial charge in [-0.3, -0.25) is 9.59 Å². The van der Waals surface area contributed by atoms with Gasteiger partial charge >= 0.3 is 0 Å². The normalized spacial score (nSPS) is 10.8. The third-order valence-electron chi connectivity index (χ3n) is 4.84. The van der Waals surface area contributed by atoms with Crippen molar-refractivity contribution in [3.8, 4) is 11.8 Å². The number of anilines is 2. The topological polar surface area (TPSA) is 91.2 Å². The third kappa shape index (κ3) is 6.81. The fourth-order valence-electron chi connectivity index (χ4n) is 3.22. The Bertz CT molecular complexity index is 1260. The second-order valence-electron chi connectivity index (χ2n) is 7.72. The summed E-state index contributed by atoms with van der Waals surface area (Å²) >= 11 is 0. The lowest BCUT2D eigenvalue weighted by molar-refractivity contribution is -0.118. The van der Waals surface area contributed by atoms with Crippen LogP contribution in [-0.4, -0.2) is 18.4 Å². The van der Waals surface area contributed by atoms with Crippen molar-refractivity contribution in [2.75, 3.05) is 17.2 Å². The first-order valence-corrected chi connectivity index (χ1v) is 10.4. The predicted octanol–water partition coefficient (Wildman–Crippen LogP) is 5.18. The number of rotatable bonds is 7. The highest BCUT2D eigenvalue weighted by Crippen LogP contribution is 2.19. The maximum atomic E-state index is 12.5. The van der Waals surface area contributed by atoms with Gasteiger partial charge in [0, 0.05) is 11.4 Å². The summed E-state index contributed by atoms with van der Waals surface area (Å²) in [5.74, 6) is -0.323. The summed E-state index contributed by atoms with van der Waals surface area (Å²) in [5, 5.41) is 15.0. The van der Waals surface area contributed by atoms with Crippen LogP contribution in [0.1, 0.15) is 22.3 Å². The van der Waals surface area contributed by atoms with Gasteiger partial charge < -0.3 is 15.4 Å². The Morgan fingerprint density at radius 3 is 2.42 bits per heavy atom. The number of carbonyl (C=O) groups excluding carboxylic acids is 2. The summed E-state index contributed by atoms with van der Waals surface area (Å²) in [7, 11) is 0. The molecule has 0 atom stereocenters. The zero-order chi connectivity index (χ0) is 23.8. The van der Waals surface area contributed by atoms with E-state index in [4.69, 9.17) is 4.74 Å². The highest BCUT2D eigenvalue weighted by molar-refractivity contribution is 6.09. The summed E-state index contributed by atoms with van der Waals surface area (Å²) in [4.78, 5) is 24.8. The Balaban J connectivity index is 1.64. The van der Waals surface area contributed by atoms with E-state index < -0.39 is 5.91 Å². The average molecular weight is 440 g/mol. The zero-order valence-electron chi connectivity index (χ0n) is 18.8. The molecule has 0 aromatic heterocycles. The minimum Gasteiger partial charge on any atom is -0.484 e. The molecule has 6 nitrogen and oxygen atoms in total. The number of nitriles is 1. The number of nitrogens with one attached hydrogen (secondary N) is 2. The van der Waals surface area contributed by atoms with Crippen LogP contribution in [0.5, 0.6) is 5.75 Å². The van der Waals surface area contributed by atoms with Crippen molar-refractivity contribution in [2.45, 2.75) is 20.8 Å². The number of hydrogen-bond acceptors (Lipinski definition) is 4. The number of aryl methyl sites for hydroxylation is 3. The second-order valence-corrected chi connectivity index (χ2v) is 7.72. The number of nitrogens with zero attached hydrogens (tertiary/aromatic N) is 1. The van der Waals surface area contributed by atoms with E-state index in [-0.39, 0.29) is 18.1 Å². The van der Waals surface area contributed by atoms with Crippen molar-refractivity contribution in [1.82, 2.24) is 0 Å². The summed E-state index contributed by atoms with van der Waals surface area (Å²) in [5.41, 5.74) is 5.03. The number of benzene rings is 3. The number of amides is 2. The average Bonchev–Trinajstić information content (AvgIpc) is 2.78. The minimum absolute atomic E-state index is 0.0405. The fourth-order valence-corrected chi connectivity index (χ4v) is 3.22. The summed E-state index contributed by atoms with van der Waals surface area (Å²) in [6, 6.07) is 21.9. The van der Waals surface area contributed by atoms with Crippen molar-refractivity contribution in [2.24, 2.45) is 0 Å². The fraction of sp³-hybridized carbons (Fsp3) is 0.148. The van der Waals surface area contributed by atoms with Crippen LogP contribution in [0, 0.1) is 32.1 Å². The van der Waals surface area contributed by atoms with E-state index in [9.17, 15) is 14.9 Å². The van der Waals surface area contributed by atoms with Crippen molar-refractivity contribution < 1.29 is 14.3 Å². The molecule has 166 valence electrons. The molecule has 0 aliphatic rings. The molecule has 0 bridgehead atoms. The van der Waals surface area contributed by atoms with E-state index in [1.54, 1.807) is 30.3 Å². The molecule has 3 aromatic carbocycles. The van der Waals surface area contributed by atoms with Gasteiger partial charge in [0.05, 0.1) is 0 Å². The Morgan fingerprint density at radius 1 is 0.939 bits per heavy atom. The molecule has 0 radical (unpaired) electrons. The lowest BCUT2D eigenvalue weighted by atomic mass is 10.1. The predicted molar refractivity (Wildman–Crippen MR) is 130 cm³/mol. The van der Waals surface area contributed by atoms with Crippen LogP contribution in [0.15, 0.2) is 72.3 Å². The second kappa shape index (κ2) is 10.8. The van der Waals surface area contributed by atoms with Gasteiger partial charge in [0.1, 0.15) is 17.4 Å². The molecule has 0 aliphatic carbocycles. The van der Waals surface area contributed by atoms with Crippen molar-refractivity contribution in [3.05, 3.63) is 94.6 Å². The number of ether oxygens (including phenoxy) is 1. The highest BCUT2D eigenvalue weighted by Gasteiger charge is 2.11. The van der Waals surface area contributed by atoms with E-state index in [1.165, 1.54) is 6.08 Å². The number of carbonyl (C=O) groups is 2. The lowest BCUT2D eigenvalue weighted by Crippen LogP contribution is -2.20. The molecular weight excluding hydrogens is 414 g/mol. The van der Waals surface area contributed by atoms with Crippen LogP contribution in [0.2, 0.25) is 0 Å². The zero-order valence-corrected chi connectivity index (χ0v) is 18.8. The number of hydrogen-bond donors (Lipinski definition) is 2. The van der Waals surface area contributed by atoms with Gasteiger partial charge in [-0.15, -0.1) is 0 Å². The molecule has 0 fully saturated rings. The maximum Gasteiger partial charge on any atom is 0.266 e. The Kier molecular flexibility index (Phi) is 7.61. The SMILES string of the molecule is Cc1cccc(NC(=O)/C(C#N)=C/c2cccc(OCC(=O)Nc3ccc(C)cc3C)c2)c1. The quantitative estimate of drug-likeness (QED) is 0.392. The van der Waals surface area contributed by atoms with Crippen molar-refractivity contribution in [1.29, 1.82) is 5.26 Å². The van der Waals surface area contributed by atoms with Crippen LogP contribution in [-0.2, 0) is 9.59 Å². The molecule has 3 aromatic rings. The Labute approximate surface area is 193 Å². The standard InChI is InChI=1S/C27H25N3O3/c1-18-6-4-8-23(13-18)29-27(32)22(16-28)14-21-7-5-9-24(15-21)33-17-26(31)30-25-11-10-19(2)12-20(25)3/h4-15H,17H2,1-3H3,(H,29,32)(H,30,31)/b22-14+. The van der Waals surface area contributed by atoms with Crippen molar-refractivity contribution in [3.63, 3.8) is 0 Å². The van der Waals surface area contributed by atoms with Gasteiger partial charge in [-0.2, -0.15) is 5.26 Å². The van der Waals surface area contributed by atoms with E-state index >= 15 is 0 Å². The summed E-state index contributed by atoms with van der Waals surface area (Å²) in [6.07, 6.45) is 1.48. The molecule has 3 rings (SSSR count). The van der Waals surface area contributed by atoms with Crippen LogP contribution in [0.25, 0.3) is 6.08 Å². The smallest absolute Gasteiger partial charge is 0.266 e. The molecule has 0 saturated carbocycles. The molecule has 0 aliphatic heterocycles. The molecule has 2 N–H and O–H groups in total. The van der Waals surface area contributed by atoms with Gasteiger partial charge in [0.15, 0.2) is 6.61 Å². The highest BCUT2D eigenvalue weighted by atomic mass is 16.5. The largest absolute Gasteiger partial charge is 0.484 e. The molecule has 0 spiro atoms. The van der Waals surface area contributed by atoms with Gasteiger partial charge in [0.25, 0.3) is 11.8 Å². The van der Waals surface area contributed by atoms with Crippen LogP contribution >= 0.6 is 0 Å². The van der Waals surface area contributed by atoms with Gasteiger partial charge in [-0.1, -0.05) is 42.0 Å². The minimum atomic E-state index is -0.498. The van der Waals surface area contributed by atoms with E-state index in [1.807, 2.05) is 63.2 Å². The van der Waals surface area contributed by atoms with Gasteiger partial charge in [0.2, 0.25) is 0 Å². The molecule has 6 heteroatoms. The maximum absolute atomic E-state index is 12.5. The lowest BCUT2D eigenvalue weighted by Gasteiger charge is -2.10. The van der Waals surface area contributed by atoms with Crippen molar-refractivity contribution >= 4 is 29.3 Å². The van der Waals surface area contributed by atoms with Crippen LogP contribution in [0.3, 0.4) is 0 Å². The molecule has 2 amide bonds. The molecule has 33 heavy (non-hydrogen) atoms. The Morgan fingerprint density at radius 2 is 1.70 bits per heavy atom. The van der Waals surface area contributed by atoms with E-state index in [0.29, 0.717) is 17.0 Å². The molecule has 0 saturated heterocycles. The first-order valence-electron chi connectivity index (χ1n) is 10.4. The first-order chi connectivity index (χ1) is 15.8. The monoisotopic (exact) mass is 439 g/mol. The first kappa shape index (κ1) is 23.3. The summed E-state index contributed by atoms with van der Waals surface area (Å²) < 4.78 is 5.60. The van der Waals surface area contributed by atoms with Crippen LogP contribution < -0.4 is 15.4 Å². The Hall–Kier alpha value is -4.37. The summed E-state index contributed by atoms with van der Waals surface area (Å²) in [6.45, 7) is 5.68. The molecular formula is C27H25N3O3.